The van der Waals surface area contributed by atoms with Gasteiger partial charge < -0.3 is 4.90 Å². The van der Waals surface area contributed by atoms with Crippen LogP contribution in [0.4, 0.5) is 0 Å². The van der Waals surface area contributed by atoms with Gasteiger partial charge in [0.15, 0.2) is 0 Å². The van der Waals surface area contributed by atoms with Gasteiger partial charge in [0.1, 0.15) is 12.7 Å². The molecule has 8 heteroatoms. The zero-order valence-corrected chi connectivity index (χ0v) is 13.7. The minimum Gasteiger partial charge on any atom is -0.303 e. The van der Waals surface area contributed by atoms with Crippen LogP contribution < -0.4 is 0 Å². The average Bonchev–Trinajstić information content (AvgIpc) is 2.91. The van der Waals surface area contributed by atoms with Gasteiger partial charge in [-0.3, -0.25) is 4.68 Å². The Labute approximate surface area is 127 Å². The molecule has 2 heterocycles. The predicted octanol–water partition coefficient (Wildman–Crippen LogP) is 0.272. The van der Waals surface area contributed by atoms with E-state index < -0.39 is 10.0 Å². The Balaban J connectivity index is 1.74. The minimum atomic E-state index is -3.07. The zero-order chi connectivity index (χ0) is 15.3. The van der Waals surface area contributed by atoms with Crippen LogP contribution in [0.15, 0.2) is 12.7 Å². The van der Waals surface area contributed by atoms with Gasteiger partial charge in [0, 0.05) is 27.2 Å². The molecule has 1 atom stereocenters. The van der Waals surface area contributed by atoms with E-state index in [2.05, 4.69) is 15.0 Å². The maximum Gasteiger partial charge on any atom is 0.213 e. The molecule has 7 nitrogen and oxygen atoms in total. The van der Waals surface area contributed by atoms with E-state index in [1.807, 2.05) is 4.68 Å². The van der Waals surface area contributed by atoms with Gasteiger partial charge in [-0.2, -0.15) is 5.10 Å². The van der Waals surface area contributed by atoms with Crippen LogP contribution in [-0.4, -0.2) is 71.9 Å². The van der Waals surface area contributed by atoms with Crippen LogP contribution in [0.1, 0.15) is 19.3 Å². The van der Waals surface area contributed by atoms with Crippen LogP contribution in [0.3, 0.4) is 0 Å². The van der Waals surface area contributed by atoms with E-state index >= 15 is 0 Å². The van der Waals surface area contributed by atoms with Gasteiger partial charge in [0.25, 0.3) is 0 Å². The molecule has 2 rings (SSSR count). The van der Waals surface area contributed by atoms with Gasteiger partial charge in [-0.05, 0) is 38.3 Å². The second-order valence-corrected chi connectivity index (χ2v) is 8.18. The first-order valence-corrected chi connectivity index (χ1v) is 9.03. The van der Waals surface area contributed by atoms with E-state index in [1.165, 1.54) is 17.1 Å². The molecule has 1 aromatic heterocycles. The summed E-state index contributed by atoms with van der Waals surface area (Å²) in [5.74, 6) is 0.801. The molecule has 0 N–H and O–H groups in total. The predicted molar refractivity (Wildman–Crippen MR) is 81.3 cm³/mol. The molecular formula is C13H25N5O2S. The third-order valence-electron chi connectivity index (χ3n) is 3.95. The number of likely N-dealkylation sites (tertiary alicyclic amines) is 1. The first-order valence-electron chi connectivity index (χ1n) is 7.42. The second kappa shape index (κ2) is 7.33. The fourth-order valence-corrected chi connectivity index (χ4v) is 3.61. The van der Waals surface area contributed by atoms with Gasteiger partial charge in [-0.25, -0.2) is 17.7 Å². The summed E-state index contributed by atoms with van der Waals surface area (Å²) < 4.78 is 26.7. The number of hydrogen-bond donors (Lipinski definition) is 0. The zero-order valence-electron chi connectivity index (χ0n) is 12.8. The molecule has 0 amide bonds. The summed E-state index contributed by atoms with van der Waals surface area (Å²) in [4.78, 5) is 6.34. The van der Waals surface area contributed by atoms with Gasteiger partial charge in [-0.15, -0.1) is 0 Å². The van der Waals surface area contributed by atoms with Crippen molar-refractivity contribution in [2.24, 2.45) is 5.92 Å². The van der Waals surface area contributed by atoms with E-state index in [4.69, 9.17) is 0 Å². The van der Waals surface area contributed by atoms with Crippen LogP contribution in [0.2, 0.25) is 0 Å². The normalized spacial score (nSPS) is 21.0. The maximum atomic E-state index is 11.7. The van der Waals surface area contributed by atoms with Gasteiger partial charge >= 0.3 is 0 Å². The Morgan fingerprint density at radius 1 is 1.38 bits per heavy atom. The van der Waals surface area contributed by atoms with Crippen LogP contribution in [-0.2, 0) is 16.6 Å². The lowest BCUT2D eigenvalue weighted by Crippen LogP contribution is -2.38. The van der Waals surface area contributed by atoms with E-state index in [-0.39, 0.29) is 5.75 Å². The fourth-order valence-electron chi connectivity index (χ4n) is 2.75. The summed E-state index contributed by atoms with van der Waals surface area (Å²) in [6.07, 6.45) is 6.37. The smallest absolute Gasteiger partial charge is 0.213 e. The van der Waals surface area contributed by atoms with Crippen molar-refractivity contribution in [3.63, 3.8) is 0 Å². The van der Waals surface area contributed by atoms with Crippen molar-refractivity contribution >= 4 is 10.0 Å². The molecule has 0 saturated carbocycles. The Morgan fingerprint density at radius 3 is 2.86 bits per heavy atom. The molecule has 120 valence electrons. The molecule has 21 heavy (non-hydrogen) atoms. The molecule has 0 spiro atoms. The van der Waals surface area contributed by atoms with Crippen molar-refractivity contribution in [2.75, 3.05) is 39.5 Å². The standard InChI is InChI=1S/C13H25N5O2S/c1-16(2)21(19,20)8-4-7-17-6-3-5-13(9-17)10-18-12-14-11-15-18/h11-13H,3-10H2,1-2H3/t13-/m0/s1. The van der Waals surface area contributed by atoms with Crippen LogP contribution in [0, 0.1) is 5.92 Å². The largest absolute Gasteiger partial charge is 0.303 e. The number of hydrogen-bond acceptors (Lipinski definition) is 5. The van der Waals surface area contributed by atoms with Crippen molar-refractivity contribution in [1.29, 1.82) is 0 Å². The van der Waals surface area contributed by atoms with Crippen LogP contribution in [0.5, 0.6) is 0 Å². The monoisotopic (exact) mass is 315 g/mol. The number of sulfonamides is 1. The fraction of sp³-hybridized carbons (Fsp3) is 0.846. The topological polar surface area (TPSA) is 71.3 Å². The lowest BCUT2D eigenvalue weighted by molar-refractivity contribution is 0.160. The van der Waals surface area contributed by atoms with Crippen LogP contribution >= 0.6 is 0 Å². The molecule has 0 bridgehead atoms. The Hall–Kier alpha value is -0.990. The first kappa shape index (κ1) is 16.4. The summed E-state index contributed by atoms with van der Waals surface area (Å²) in [7, 11) is 0.106. The number of rotatable bonds is 7. The molecule has 1 saturated heterocycles. The maximum absolute atomic E-state index is 11.7. The third-order valence-corrected chi connectivity index (χ3v) is 5.87. The highest BCUT2D eigenvalue weighted by Crippen LogP contribution is 2.18. The van der Waals surface area contributed by atoms with E-state index in [0.29, 0.717) is 12.3 Å². The highest BCUT2D eigenvalue weighted by molar-refractivity contribution is 7.89. The van der Waals surface area contributed by atoms with Gasteiger partial charge in [-0.1, -0.05) is 0 Å². The summed E-state index contributed by atoms with van der Waals surface area (Å²) >= 11 is 0. The Morgan fingerprint density at radius 2 is 2.19 bits per heavy atom. The van der Waals surface area contributed by atoms with Gasteiger partial charge in [0.2, 0.25) is 10.0 Å². The lowest BCUT2D eigenvalue weighted by atomic mass is 9.98. The van der Waals surface area contributed by atoms with Crippen molar-refractivity contribution in [3.8, 4) is 0 Å². The SMILES string of the molecule is CN(C)S(=O)(=O)CCCN1CCC[C@H](Cn2cncn2)C1. The molecule has 1 aliphatic heterocycles. The molecule has 0 aliphatic carbocycles. The minimum absolute atomic E-state index is 0.226. The molecule has 1 aromatic rings. The molecule has 0 unspecified atom stereocenters. The summed E-state index contributed by atoms with van der Waals surface area (Å²) in [6.45, 7) is 3.82. The quantitative estimate of drug-likeness (QED) is 0.722. The van der Waals surface area contributed by atoms with E-state index in [0.717, 1.165) is 26.2 Å². The third kappa shape index (κ3) is 5.05. The van der Waals surface area contributed by atoms with Gasteiger partial charge in [0.05, 0.1) is 5.75 Å². The van der Waals surface area contributed by atoms with Crippen molar-refractivity contribution in [3.05, 3.63) is 12.7 Å². The summed E-state index contributed by atoms with van der Waals surface area (Å²) in [5.41, 5.74) is 0. The molecule has 1 fully saturated rings. The van der Waals surface area contributed by atoms with E-state index in [1.54, 1.807) is 26.7 Å². The highest BCUT2D eigenvalue weighted by Gasteiger charge is 2.21. The lowest BCUT2D eigenvalue weighted by Gasteiger charge is -2.32. The Bertz CT molecular complexity index is 515. The van der Waals surface area contributed by atoms with E-state index in [9.17, 15) is 8.42 Å². The summed E-state index contributed by atoms with van der Waals surface area (Å²) in [6, 6.07) is 0. The highest BCUT2D eigenvalue weighted by atomic mass is 32.2. The number of aromatic nitrogens is 3. The van der Waals surface area contributed by atoms with Crippen molar-refractivity contribution in [2.45, 2.75) is 25.8 Å². The Kier molecular flexibility index (Phi) is 5.72. The second-order valence-electron chi connectivity index (χ2n) is 5.88. The van der Waals surface area contributed by atoms with Crippen molar-refractivity contribution in [1.82, 2.24) is 24.0 Å². The molecule has 1 aliphatic rings. The summed E-state index contributed by atoms with van der Waals surface area (Å²) in [5, 5.41) is 4.15. The van der Waals surface area contributed by atoms with Crippen molar-refractivity contribution < 1.29 is 8.42 Å². The number of nitrogens with zero attached hydrogens (tertiary/aromatic N) is 5. The first-order chi connectivity index (χ1) is 9.97. The van der Waals surface area contributed by atoms with Crippen LogP contribution in [0.25, 0.3) is 0 Å². The number of piperidine rings is 1. The average molecular weight is 315 g/mol. The molecule has 0 radical (unpaired) electrons. The molecule has 0 aromatic carbocycles. The molecular weight excluding hydrogens is 290 g/mol.